The third kappa shape index (κ3) is 2.69. The highest BCUT2D eigenvalue weighted by Gasteiger charge is 2.29. The van der Waals surface area contributed by atoms with Gasteiger partial charge in [0.15, 0.2) is 0 Å². The van der Waals surface area contributed by atoms with E-state index < -0.39 is 0 Å². The molecule has 0 aliphatic carbocycles. The van der Waals surface area contributed by atoms with Gasteiger partial charge < -0.3 is 10.6 Å². The Balaban J connectivity index is 1.78. The van der Waals surface area contributed by atoms with Crippen molar-refractivity contribution in [2.75, 3.05) is 26.2 Å². The van der Waals surface area contributed by atoms with Crippen LogP contribution in [0, 0.1) is 0 Å². The topological polar surface area (TPSA) is 44.5 Å². The average molecular weight is 212 g/mol. The summed E-state index contributed by atoms with van der Waals surface area (Å²) >= 11 is 0. The maximum absolute atomic E-state index is 5.89. The fourth-order valence-electron chi connectivity index (χ4n) is 2.61. The van der Waals surface area contributed by atoms with Gasteiger partial charge in [-0.3, -0.25) is 5.43 Å². The summed E-state index contributed by atoms with van der Waals surface area (Å²) in [6.07, 6.45) is 2.55. The van der Waals surface area contributed by atoms with Crippen LogP contribution in [0.5, 0.6) is 0 Å². The molecule has 0 bridgehead atoms. The molecule has 2 saturated heterocycles. The third-order valence-corrected chi connectivity index (χ3v) is 3.66. The van der Waals surface area contributed by atoms with Crippen molar-refractivity contribution in [3.8, 4) is 0 Å². The van der Waals surface area contributed by atoms with Crippen molar-refractivity contribution in [2.24, 2.45) is 5.73 Å². The van der Waals surface area contributed by atoms with Crippen molar-refractivity contribution in [2.45, 2.75) is 44.8 Å². The van der Waals surface area contributed by atoms with Crippen LogP contribution >= 0.6 is 0 Å². The van der Waals surface area contributed by atoms with Crippen LogP contribution in [0.1, 0.15) is 26.7 Å². The highest BCUT2D eigenvalue weighted by atomic mass is 15.6. The molecule has 0 aromatic rings. The van der Waals surface area contributed by atoms with Crippen LogP contribution in [0.15, 0.2) is 0 Å². The molecular weight excluding hydrogens is 188 g/mol. The van der Waals surface area contributed by atoms with Gasteiger partial charge in [-0.2, -0.15) is 0 Å². The average Bonchev–Trinajstić information content (AvgIpc) is 2.65. The first-order chi connectivity index (χ1) is 7.16. The molecule has 2 aliphatic rings. The summed E-state index contributed by atoms with van der Waals surface area (Å²) in [6, 6.07) is 1.72. The second-order valence-electron chi connectivity index (χ2n) is 5.14. The van der Waals surface area contributed by atoms with E-state index in [1.165, 1.54) is 25.9 Å². The van der Waals surface area contributed by atoms with E-state index >= 15 is 0 Å². The van der Waals surface area contributed by atoms with Gasteiger partial charge in [-0.05, 0) is 39.8 Å². The van der Waals surface area contributed by atoms with Crippen molar-refractivity contribution in [3.63, 3.8) is 0 Å². The monoisotopic (exact) mass is 212 g/mol. The molecule has 2 fully saturated rings. The van der Waals surface area contributed by atoms with Gasteiger partial charge in [-0.25, -0.2) is 5.01 Å². The van der Waals surface area contributed by atoms with Crippen molar-refractivity contribution in [3.05, 3.63) is 0 Å². The first-order valence-electron chi connectivity index (χ1n) is 6.16. The number of piperidine rings is 1. The van der Waals surface area contributed by atoms with Gasteiger partial charge in [0.2, 0.25) is 0 Å². The Labute approximate surface area is 92.8 Å². The Morgan fingerprint density at radius 1 is 1.27 bits per heavy atom. The maximum atomic E-state index is 5.89. The second kappa shape index (κ2) is 4.78. The Bertz CT molecular complexity index is 199. The largest absolute Gasteiger partial charge is 0.325 e. The normalized spacial score (nSPS) is 31.6. The highest BCUT2D eigenvalue weighted by molar-refractivity contribution is 4.85. The molecule has 15 heavy (non-hydrogen) atoms. The minimum atomic E-state index is 0.327. The zero-order valence-corrected chi connectivity index (χ0v) is 9.95. The molecule has 4 heteroatoms. The number of nitrogens with one attached hydrogen (secondary N) is 1. The van der Waals surface area contributed by atoms with E-state index in [1.54, 1.807) is 0 Å². The fourth-order valence-corrected chi connectivity index (χ4v) is 2.61. The summed E-state index contributed by atoms with van der Waals surface area (Å²) in [4.78, 5) is 2.56. The van der Waals surface area contributed by atoms with Crippen LogP contribution in [-0.2, 0) is 0 Å². The number of hydrogen-bond donors (Lipinski definition) is 2. The van der Waals surface area contributed by atoms with E-state index in [0.29, 0.717) is 18.1 Å². The molecule has 0 amide bonds. The fraction of sp³-hybridized carbons (Fsp3) is 1.00. The van der Waals surface area contributed by atoms with Crippen molar-refractivity contribution >= 4 is 0 Å². The molecule has 0 radical (unpaired) electrons. The third-order valence-electron chi connectivity index (χ3n) is 3.66. The minimum absolute atomic E-state index is 0.327. The molecule has 0 saturated carbocycles. The highest BCUT2D eigenvalue weighted by Crippen LogP contribution is 2.18. The van der Waals surface area contributed by atoms with Crippen LogP contribution < -0.4 is 11.2 Å². The van der Waals surface area contributed by atoms with Crippen molar-refractivity contribution < 1.29 is 0 Å². The lowest BCUT2D eigenvalue weighted by molar-refractivity contribution is 0.0802. The summed E-state index contributed by atoms with van der Waals surface area (Å²) in [5.41, 5.74) is 9.30. The Hall–Kier alpha value is -0.160. The number of hydrogen-bond acceptors (Lipinski definition) is 4. The van der Waals surface area contributed by atoms with Gasteiger partial charge in [0, 0.05) is 31.2 Å². The van der Waals surface area contributed by atoms with E-state index in [2.05, 4.69) is 29.2 Å². The number of hydrazine groups is 1. The van der Waals surface area contributed by atoms with Gasteiger partial charge in [-0.1, -0.05) is 0 Å². The lowest BCUT2D eigenvalue weighted by Crippen LogP contribution is -2.49. The molecule has 2 rings (SSSR count). The number of nitrogens with two attached hydrogens (primary N) is 1. The van der Waals surface area contributed by atoms with Gasteiger partial charge >= 0.3 is 0 Å². The Morgan fingerprint density at radius 2 is 1.93 bits per heavy atom. The lowest BCUT2D eigenvalue weighted by atomic mass is 10.0. The Morgan fingerprint density at radius 3 is 2.40 bits per heavy atom. The smallest absolute Gasteiger partial charge is 0.0323 e. The van der Waals surface area contributed by atoms with Crippen LogP contribution in [0.25, 0.3) is 0 Å². The summed E-state index contributed by atoms with van der Waals surface area (Å²) < 4.78 is 0. The van der Waals surface area contributed by atoms with Crippen molar-refractivity contribution in [1.29, 1.82) is 0 Å². The van der Waals surface area contributed by atoms with Crippen LogP contribution in [0.4, 0.5) is 0 Å². The predicted molar refractivity (Wildman–Crippen MR) is 62.4 cm³/mol. The second-order valence-corrected chi connectivity index (χ2v) is 5.14. The quantitative estimate of drug-likeness (QED) is 0.677. The summed E-state index contributed by atoms with van der Waals surface area (Å²) in [5.74, 6) is 0. The number of rotatable bonds is 2. The number of likely N-dealkylation sites (tertiary alicyclic amines) is 1. The van der Waals surface area contributed by atoms with E-state index in [4.69, 9.17) is 5.73 Å². The molecular formula is C11H24N4. The maximum Gasteiger partial charge on any atom is 0.0323 e. The van der Waals surface area contributed by atoms with Gasteiger partial charge in [0.1, 0.15) is 0 Å². The minimum Gasteiger partial charge on any atom is -0.325 e. The van der Waals surface area contributed by atoms with E-state index in [9.17, 15) is 0 Å². The van der Waals surface area contributed by atoms with Crippen LogP contribution in [0.2, 0.25) is 0 Å². The van der Waals surface area contributed by atoms with E-state index in [1.807, 2.05) is 0 Å². The van der Waals surface area contributed by atoms with E-state index in [-0.39, 0.29) is 0 Å². The molecule has 1 unspecified atom stereocenters. The molecule has 1 atom stereocenters. The standard InChI is InChI=1S/C11H24N4/c1-9(2)14-5-3-11(4-6-14)15-8-10(12)7-13-15/h9-11,13H,3-8,12H2,1-2H3. The van der Waals surface area contributed by atoms with Crippen molar-refractivity contribution in [1.82, 2.24) is 15.3 Å². The molecule has 2 heterocycles. The first-order valence-corrected chi connectivity index (χ1v) is 6.16. The molecule has 0 aromatic carbocycles. The molecule has 2 aliphatic heterocycles. The first kappa shape index (κ1) is 11.3. The van der Waals surface area contributed by atoms with Gasteiger partial charge in [0.05, 0.1) is 0 Å². The number of nitrogens with zero attached hydrogens (tertiary/aromatic N) is 2. The lowest BCUT2D eigenvalue weighted by Gasteiger charge is -2.38. The van der Waals surface area contributed by atoms with Gasteiger partial charge in [-0.15, -0.1) is 0 Å². The van der Waals surface area contributed by atoms with Crippen LogP contribution in [0.3, 0.4) is 0 Å². The molecule has 4 nitrogen and oxygen atoms in total. The van der Waals surface area contributed by atoms with Gasteiger partial charge in [0.25, 0.3) is 0 Å². The van der Waals surface area contributed by atoms with Crippen LogP contribution in [-0.4, -0.2) is 54.2 Å². The summed E-state index contributed by atoms with van der Waals surface area (Å²) in [5, 5.41) is 2.36. The molecule has 88 valence electrons. The molecule has 3 N–H and O–H groups in total. The Kier molecular flexibility index (Phi) is 3.61. The van der Waals surface area contributed by atoms with E-state index in [0.717, 1.165) is 13.1 Å². The predicted octanol–water partition coefficient (Wildman–Crippen LogP) is 0.00670. The summed E-state index contributed by atoms with van der Waals surface area (Å²) in [7, 11) is 0. The molecule has 0 spiro atoms. The zero-order chi connectivity index (χ0) is 10.8. The SMILES string of the molecule is CC(C)N1CCC(N2CC(N)CN2)CC1. The molecule has 0 aromatic heterocycles. The zero-order valence-electron chi connectivity index (χ0n) is 9.95. The summed E-state index contributed by atoms with van der Waals surface area (Å²) in [6.45, 7) is 9.00.